The van der Waals surface area contributed by atoms with Gasteiger partial charge in [0.1, 0.15) is 0 Å². The first-order chi connectivity index (χ1) is 7.59. The number of nitrogens with one attached hydrogen (secondary N) is 1. The molecule has 4 heteroatoms. The van der Waals surface area contributed by atoms with E-state index in [4.69, 9.17) is 5.73 Å². The number of nitrogens with zero attached hydrogens (tertiary/aromatic N) is 1. The third kappa shape index (κ3) is 4.40. The van der Waals surface area contributed by atoms with Crippen molar-refractivity contribution in [2.75, 3.05) is 0 Å². The van der Waals surface area contributed by atoms with Gasteiger partial charge in [-0.3, -0.25) is 9.78 Å². The van der Waals surface area contributed by atoms with Crippen molar-refractivity contribution in [3.05, 3.63) is 30.1 Å². The number of amides is 1. The molecule has 1 heterocycles. The van der Waals surface area contributed by atoms with E-state index in [1.54, 1.807) is 6.20 Å². The van der Waals surface area contributed by atoms with E-state index in [-0.39, 0.29) is 11.9 Å². The summed E-state index contributed by atoms with van der Waals surface area (Å²) >= 11 is 0. The summed E-state index contributed by atoms with van der Waals surface area (Å²) in [5, 5.41) is 2.80. The highest BCUT2D eigenvalue weighted by Crippen LogP contribution is 2.02. The van der Waals surface area contributed by atoms with E-state index < -0.39 is 0 Å². The van der Waals surface area contributed by atoms with Crippen molar-refractivity contribution in [1.82, 2.24) is 10.3 Å². The van der Waals surface area contributed by atoms with Crippen molar-refractivity contribution in [2.24, 2.45) is 11.7 Å². The minimum Gasteiger partial charge on any atom is -0.350 e. The smallest absolute Gasteiger partial charge is 0.221 e. The molecule has 0 saturated carbocycles. The van der Waals surface area contributed by atoms with Crippen LogP contribution in [0.25, 0.3) is 0 Å². The number of nitrogens with two attached hydrogens (primary N) is 1. The van der Waals surface area contributed by atoms with Crippen LogP contribution in [0, 0.1) is 5.92 Å². The average molecular weight is 221 g/mol. The molecule has 0 aromatic carbocycles. The van der Waals surface area contributed by atoms with E-state index in [1.807, 2.05) is 32.0 Å². The molecular weight excluding hydrogens is 202 g/mol. The molecule has 0 aliphatic carbocycles. The molecule has 0 radical (unpaired) electrons. The van der Waals surface area contributed by atoms with Gasteiger partial charge in [0.15, 0.2) is 0 Å². The summed E-state index contributed by atoms with van der Waals surface area (Å²) in [4.78, 5) is 15.6. The van der Waals surface area contributed by atoms with Crippen LogP contribution >= 0.6 is 0 Å². The SMILES string of the molecule is CC(C)C(N)CC(=O)NCc1ccccn1. The third-order valence-electron chi connectivity index (χ3n) is 2.47. The minimum atomic E-state index is -0.0799. The Hall–Kier alpha value is -1.42. The molecule has 0 aliphatic heterocycles. The Labute approximate surface area is 96.3 Å². The second kappa shape index (κ2) is 6.23. The number of aromatic nitrogens is 1. The maximum absolute atomic E-state index is 11.5. The van der Waals surface area contributed by atoms with Gasteiger partial charge >= 0.3 is 0 Å². The number of carbonyl (C=O) groups is 1. The zero-order valence-electron chi connectivity index (χ0n) is 9.81. The highest BCUT2D eigenvalue weighted by Gasteiger charge is 2.12. The van der Waals surface area contributed by atoms with Gasteiger partial charge in [-0.1, -0.05) is 19.9 Å². The van der Waals surface area contributed by atoms with Crippen molar-refractivity contribution >= 4 is 5.91 Å². The lowest BCUT2D eigenvalue weighted by Crippen LogP contribution is -2.34. The monoisotopic (exact) mass is 221 g/mol. The van der Waals surface area contributed by atoms with Crippen LogP contribution < -0.4 is 11.1 Å². The quantitative estimate of drug-likeness (QED) is 0.781. The van der Waals surface area contributed by atoms with Crippen molar-refractivity contribution in [3.63, 3.8) is 0 Å². The Balaban J connectivity index is 2.31. The first kappa shape index (κ1) is 12.6. The summed E-state index contributed by atoms with van der Waals surface area (Å²) in [5.41, 5.74) is 6.67. The van der Waals surface area contributed by atoms with Crippen molar-refractivity contribution in [2.45, 2.75) is 32.9 Å². The molecule has 0 spiro atoms. The molecule has 0 bridgehead atoms. The fourth-order valence-corrected chi connectivity index (χ4v) is 1.21. The van der Waals surface area contributed by atoms with Crippen LogP contribution in [0.4, 0.5) is 0 Å². The highest BCUT2D eigenvalue weighted by atomic mass is 16.1. The Morgan fingerprint density at radius 3 is 2.81 bits per heavy atom. The molecule has 0 saturated heterocycles. The highest BCUT2D eigenvalue weighted by molar-refractivity contribution is 5.76. The number of rotatable bonds is 5. The second-order valence-corrected chi connectivity index (χ2v) is 4.21. The molecule has 1 aromatic heterocycles. The number of hydrogen-bond acceptors (Lipinski definition) is 3. The van der Waals surface area contributed by atoms with Gasteiger partial charge in [0, 0.05) is 18.7 Å². The molecule has 3 N–H and O–H groups in total. The topological polar surface area (TPSA) is 68.0 Å². The lowest BCUT2D eigenvalue weighted by Gasteiger charge is -2.14. The average Bonchev–Trinajstić information content (AvgIpc) is 2.27. The largest absolute Gasteiger partial charge is 0.350 e. The third-order valence-corrected chi connectivity index (χ3v) is 2.47. The van der Waals surface area contributed by atoms with Crippen LogP contribution in [-0.2, 0) is 11.3 Å². The molecule has 1 atom stereocenters. The van der Waals surface area contributed by atoms with E-state index in [1.165, 1.54) is 0 Å². The van der Waals surface area contributed by atoms with Gasteiger partial charge in [0.2, 0.25) is 5.91 Å². The van der Waals surface area contributed by atoms with Gasteiger partial charge in [-0.2, -0.15) is 0 Å². The number of pyridine rings is 1. The molecule has 1 unspecified atom stereocenters. The molecule has 1 aromatic rings. The standard InChI is InChI=1S/C12H19N3O/c1-9(2)11(13)7-12(16)15-8-10-5-3-4-6-14-10/h3-6,9,11H,7-8,13H2,1-2H3,(H,15,16). The summed E-state index contributed by atoms with van der Waals surface area (Å²) < 4.78 is 0. The molecule has 4 nitrogen and oxygen atoms in total. The maximum Gasteiger partial charge on any atom is 0.221 e. The zero-order valence-corrected chi connectivity index (χ0v) is 9.81. The van der Waals surface area contributed by atoms with Gasteiger partial charge < -0.3 is 11.1 Å². The van der Waals surface area contributed by atoms with Gasteiger partial charge in [-0.25, -0.2) is 0 Å². The lowest BCUT2D eigenvalue weighted by atomic mass is 10.0. The summed E-state index contributed by atoms with van der Waals surface area (Å²) in [6, 6.07) is 5.54. The normalized spacial score (nSPS) is 12.5. The van der Waals surface area contributed by atoms with Crippen LogP contribution in [0.5, 0.6) is 0 Å². The van der Waals surface area contributed by atoms with E-state index in [9.17, 15) is 4.79 Å². The van der Waals surface area contributed by atoms with Gasteiger partial charge in [0.05, 0.1) is 12.2 Å². The first-order valence-electron chi connectivity index (χ1n) is 5.51. The van der Waals surface area contributed by atoms with Crippen LogP contribution in [0.15, 0.2) is 24.4 Å². The molecule has 1 rings (SSSR count). The van der Waals surface area contributed by atoms with Crippen LogP contribution in [0.3, 0.4) is 0 Å². The van der Waals surface area contributed by atoms with Gasteiger partial charge in [-0.05, 0) is 18.1 Å². The summed E-state index contributed by atoms with van der Waals surface area (Å²) in [6.07, 6.45) is 2.08. The Kier molecular flexibility index (Phi) is 4.92. The fourth-order valence-electron chi connectivity index (χ4n) is 1.21. The fraction of sp³-hybridized carbons (Fsp3) is 0.500. The summed E-state index contributed by atoms with van der Waals surface area (Å²) in [6.45, 7) is 4.48. The molecule has 0 aliphatic rings. The molecule has 88 valence electrons. The predicted molar refractivity (Wildman–Crippen MR) is 63.5 cm³/mol. The number of carbonyl (C=O) groups excluding carboxylic acids is 1. The van der Waals surface area contributed by atoms with Crippen molar-refractivity contribution in [1.29, 1.82) is 0 Å². The molecule has 1 amide bonds. The van der Waals surface area contributed by atoms with Crippen LogP contribution in [0.1, 0.15) is 26.0 Å². The Bertz CT molecular complexity index is 324. The Morgan fingerprint density at radius 1 is 1.50 bits per heavy atom. The molecule has 16 heavy (non-hydrogen) atoms. The van der Waals surface area contributed by atoms with Gasteiger partial charge in [-0.15, -0.1) is 0 Å². The van der Waals surface area contributed by atoms with E-state index in [0.717, 1.165) is 5.69 Å². The zero-order chi connectivity index (χ0) is 12.0. The van der Waals surface area contributed by atoms with Crippen molar-refractivity contribution in [3.8, 4) is 0 Å². The summed E-state index contributed by atoms with van der Waals surface area (Å²) in [7, 11) is 0. The van der Waals surface area contributed by atoms with Crippen LogP contribution in [0.2, 0.25) is 0 Å². The second-order valence-electron chi connectivity index (χ2n) is 4.21. The summed E-state index contributed by atoms with van der Waals surface area (Å²) in [5.74, 6) is 0.299. The first-order valence-corrected chi connectivity index (χ1v) is 5.51. The van der Waals surface area contributed by atoms with E-state index >= 15 is 0 Å². The van der Waals surface area contributed by atoms with E-state index in [0.29, 0.717) is 18.9 Å². The predicted octanol–water partition coefficient (Wildman–Crippen LogP) is 1.07. The number of hydrogen-bond donors (Lipinski definition) is 2. The molecular formula is C12H19N3O. The van der Waals surface area contributed by atoms with Crippen molar-refractivity contribution < 1.29 is 4.79 Å². The minimum absolute atomic E-state index is 0.0214. The maximum atomic E-state index is 11.5. The lowest BCUT2D eigenvalue weighted by molar-refractivity contribution is -0.121. The van der Waals surface area contributed by atoms with Crippen LogP contribution in [-0.4, -0.2) is 16.9 Å². The molecule has 0 fully saturated rings. The van der Waals surface area contributed by atoms with E-state index in [2.05, 4.69) is 10.3 Å². The van der Waals surface area contributed by atoms with Gasteiger partial charge in [0.25, 0.3) is 0 Å². The Morgan fingerprint density at radius 2 is 2.25 bits per heavy atom.